The van der Waals surface area contributed by atoms with Crippen LogP contribution < -0.4 is 0 Å². The summed E-state index contributed by atoms with van der Waals surface area (Å²) in [4.78, 5) is 1.11. The van der Waals surface area contributed by atoms with Crippen LogP contribution in [0.3, 0.4) is 0 Å². The zero-order chi connectivity index (χ0) is 8.72. The number of rotatable bonds is 0. The molecular weight excluding hydrogens is 414 g/mol. The third kappa shape index (κ3) is 1.51. The van der Waals surface area contributed by atoms with Crippen molar-refractivity contribution in [2.75, 3.05) is 0 Å². The average molecular weight is 418 g/mol. The van der Waals surface area contributed by atoms with Crippen LogP contribution in [-0.2, 0) is 0 Å². The van der Waals surface area contributed by atoms with Gasteiger partial charge in [0, 0.05) is 22.1 Å². The summed E-state index contributed by atoms with van der Waals surface area (Å²) in [7, 11) is 0. The Balaban J connectivity index is 2.97. The highest BCUT2D eigenvalue weighted by atomic mass is 127. The number of benzene rings is 1. The van der Waals surface area contributed by atoms with Gasteiger partial charge in [-0.15, -0.1) is 24.0 Å². The summed E-state index contributed by atoms with van der Waals surface area (Å²) >= 11 is 10.9. The van der Waals surface area contributed by atoms with Crippen LogP contribution in [0, 0.1) is 7.14 Å². The Hall–Kier alpha value is 0.990. The maximum atomic E-state index is 4.48. The first-order valence-corrected chi connectivity index (χ1v) is 6.73. The summed E-state index contributed by atoms with van der Waals surface area (Å²) in [6.07, 6.45) is 0. The largest absolute Gasteiger partial charge is 0.143 e. The van der Waals surface area contributed by atoms with E-state index in [9.17, 15) is 0 Å². The van der Waals surface area contributed by atoms with Gasteiger partial charge in [-0.3, -0.25) is 0 Å². The molecule has 2 rings (SSSR count). The fourth-order valence-corrected chi connectivity index (χ4v) is 4.56. The van der Waals surface area contributed by atoms with Gasteiger partial charge in [-0.1, -0.05) is 0 Å². The molecule has 0 atom stereocenters. The van der Waals surface area contributed by atoms with Gasteiger partial charge in [0.15, 0.2) is 0 Å². The highest BCUT2D eigenvalue weighted by molar-refractivity contribution is 14.1. The molecule has 0 aliphatic rings. The summed E-state index contributed by atoms with van der Waals surface area (Å²) < 4.78 is 3.84. The van der Waals surface area contributed by atoms with E-state index in [1.807, 2.05) is 0 Å². The monoisotopic (exact) mass is 418 g/mol. The predicted octanol–water partition coefficient (Wildman–Crippen LogP) is 4.40. The molecule has 0 N–H and O–H groups in total. The van der Waals surface area contributed by atoms with E-state index in [1.165, 1.54) is 17.2 Å². The Kier molecular flexibility index (Phi) is 2.88. The third-order valence-corrected chi connectivity index (χ3v) is 5.33. The second-order valence-electron chi connectivity index (χ2n) is 2.35. The van der Waals surface area contributed by atoms with Gasteiger partial charge in [-0.05, 0) is 62.7 Å². The number of hydrogen-bond acceptors (Lipinski definition) is 2. The minimum atomic E-state index is 1.11. The van der Waals surface area contributed by atoms with Crippen LogP contribution in [0.4, 0.5) is 0 Å². The number of thiophene rings is 1. The smallest absolute Gasteiger partial charge is 0.0497 e. The van der Waals surface area contributed by atoms with Crippen molar-refractivity contribution in [1.82, 2.24) is 0 Å². The van der Waals surface area contributed by atoms with Crippen LogP contribution in [0.2, 0.25) is 0 Å². The Morgan fingerprint density at radius 1 is 1.25 bits per heavy atom. The zero-order valence-corrected chi connectivity index (χ0v) is 11.9. The normalized spacial score (nSPS) is 10.9. The molecule has 4 heteroatoms. The molecule has 62 valence electrons. The predicted molar refractivity (Wildman–Crippen MR) is 74.5 cm³/mol. The molecule has 0 spiro atoms. The van der Waals surface area contributed by atoms with Gasteiger partial charge >= 0.3 is 0 Å². The molecule has 0 aliphatic heterocycles. The van der Waals surface area contributed by atoms with Crippen LogP contribution in [0.1, 0.15) is 0 Å². The maximum absolute atomic E-state index is 4.48. The van der Waals surface area contributed by atoms with Gasteiger partial charge in [0.05, 0.1) is 0 Å². The van der Waals surface area contributed by atoms with Crippen LogP contribution in [-0.4, -0.2) is 0 Å². The zero-order valence-electron chi connectivity index (χ0n) is 5.84. The van der Waals surface area contributed by atoms with E-state index in [-0.39, 0.29) is 0 Å². The quantitative estimate of drug-likeness (QED) is 0.476. The molecule has 0 fully saturated rings. The average Bonchev–Trinajstić information content (AvgIpc) is 2.48. The molecule has 1 aromatic carbocycles. The van der Waals surface area contributed by atoms with Crippen molar-refractivity contribution < 1.29 is 0 Å². The molecule has 0 bridgehead atoms. The Morgan fingerprint density at radius 3 is 2.75 bits per heavy atom. The summed E-state index contributed by atoms with van der Waals surface area (Å²) in [5.41, 5.74) is 0. The van der Waals surface area contributed by atoms with Crippen molar-refractivity contribution >= 4 is 79.2 Å². The molecule has 0 amide bonds. The first kappa shape index (κ1) is 9.54. The molecule has 0 nitrogen and oxygen atoms in total. The molecular formula is C8H4I2S2. The lowest BCUT2D eigenvalue weighted by Gasteiger charge is -2.00. The Labute approximate surface area is 107 Å². The van der Waals surface area contributed by atoms with Crippen molar-refractivity contribution in [3.05, 3.63) is 24.7 Å². The number of halogens is 2. The standard InChI is InChI=1S/C8H4I2S2/c9-5-3-6(10)7(11)8-4(5)1-2-12-8/h1-3,11H. The molecule has 0 saturated carbocycles. The highest BCUT2D eigenvalue weighted by Crippen LogP contribution is 2.34. The summed E-state index contributed by atoms with van der Waals surface area (Å²) in [6.45, 7) is 0. The van der Waals surface area contributed by atoms with Gasteiger partial charge in [0.1, 0.15) is 0 Å². The van der Waals surface area contributed by atoms with Crippen LogP contribution >= 0.6 is 69.1 Å². The van der Waals surface area contributed by atoms with Gasteiger partial charge < -0.3 is 0 Å². The second-order valence-corrected chi connectivity index (χ2v) is 6.04. The molecule has 0 aliphatic carbocycles. The first-order valence-electron chi connectivity index (χ1n) is 3.24. The van der Waals surface area contributed by atoms with Crippen molar-refractivity contribution in [2.45, 2.75) is 4.90 Å². The Morgan fingerprint density at radius 2 is 2.00 bits per heavy atom. The molecule has 0 unspecified atom stereocenters. The minimum absolute atomic E-state index is 1.11. The van der Waals surface area contributed by atoms with Crippen LogP contribution in [0.15, 0.2) is 22.4 Å². The van der Waals surface area contributed by atoms with Gasteiger partial charge in [-0.25, -0.2) is 0 Å². The second kappa shape index (κ2) is 3.62. The lowest BCUT2D eigenvalue weighted by Crippen LogP contribution is -1.79. The molecule has 1 heterocycles. The van der Waals surface area contributed by atoms with E-state index < -0.39 is 0 Å². The van der Waals surface area contributed by atoms with E-state index in [2.05, 4.69) is 75.3 Å². The fourth-order valence-electron chi connectivity index (χ4n) is 1.05. The van der Waals surface area contributed by atoms with Gasteiger partial charge in [0.25, 0.3) is 0 Å². The van der Waals surface area contributed by atoms with Crippen molar-refractivity contribution in [3.63, 3.8) is 0 Å². The highest BCUT2D eigenvalue weighted by Gasteiger charge is 2.06. The summed E-state index contributed by atoms with van der Waals surface area (Å²) in [5.74, 6) is 0. The maximum Gasteiger partial charge on any atom is 0.0497 e. The minimum Gasteiger partial charge on any atom is -0.143 e. The SMILES string of the molecule is Sc1c(I)cc(I)c2ccsc12. The topological polar surface area (TPSA) is 0 Å². The summed E-state index contributed by atoms with van der Waals surface area (Å²) in [5, 5.41) is 3.44. The van der Waals surface area contributed by atoms with Crippen molar-refractivity contribution in [1.29, 1.82) is 0 Å². The van der Waals surface area contributed by atoms with Crippen molar-refractivity contribution in [2.24, 2.45) is 0 Å². The van der Waals surface area contributed by atoms with E-state index in [0.29, 0.717) is 0 Å². The lowest BCUT2D eigenvalue weighted by atomic mass is 10.3. The van der Waals surface area contributed by atoms with Crippen LogP contribution in [0.5, 0.6) is 0 Å². The van der Waals surface area contributed by atoms with Gasteiger partial charge in [-0.2, -0.15) is 0 Å². The molecule has 12 heavy (non-hydrogen) atoms. The van der Waals surface area contributed by atoms with E-state index >= 15 is 0 Å². The number of thiol groups is 1. The molecule has 0 radical (unpaired) electrons. The molecule has 2 aromatic rings. The third-order valence-electron chi connectivity index (χ3n) is 1.62. The fraction of sp³-hybridized carbons (Fsp3) is 0. The van der Waals surface area contributed by atoms with Crippen LogP contribution in [0.25, 0.3) is 10.1 Å². The van der Waals surface area contributed by atoms with E-state index in [1.54, 1.807) is 11.3 Å². The first-order chi connectivity index (χ1) is 5.70. The number of fused-ring (bicyclic) bond motifs is 1. The lowest BCUT2D eigenvalue weighted by molar-refractivity contribution is 1.50. The van der Waals surface area contributed by atoms with E-state index in [4.69, 9.17) is 0 Å². The molecule has 0 saturated heterocycles. The van der Waals surface area contributed by atoms with Gasteiger partial charge in [0.2, 0.25) is 0 Å². The summed E-state index contributed by atoms with van der Waals surface area (Å²) in [6, 6.07) is 4.32. The molecule has 1 aromatic heterocycles. The Bertz CT molecular complexity index is 434. The van der Waals surface area contributed by atoms with Crippen molar-refractivity contribution in [3.8, 4) is 0 Å². The number of hydrogen-bond donors (Lipinski definition) is 1. The van der Waals surface area contributed by atoms with E-state index in [0.717, 1.165) is 4.90 Å².